The van der Waals surface area contributed by atoms with E-state index in [-0.39, 0.29) is 0 Å². The maximum absolute atomic E-state index is 4.10. The molecule has 2 bridgehead atoms. The molecule has 0 saturated heterocycles. The molecular formula is C11H19N5. The second kappa shape index (κ2) is 4.13. The van der Waals surface area contributed by atoms with Crippen LogP contribution in [-0.4, -0.2) is 27.3 Å². The molecule has 0 amide bonds. The van der Waals surface area contributed by atoms with Crippen LogP contribution in [0.5, 0.6) is 0 Å². The minimum atomic E-state index is 0.758. The van der Waals surface area contributed by atoms with Crippen molar-refractivity contribution in [2.24, 2.45) is 17.8 Å². The molecule has 1 aromatic rings. The van der Waals surface area contributed by atoms with Crippen molar-refractivity contribution in [1.29, 1.82) is 0 Å². The molecule has 0 radical (unpaired) electrons. The zero-order valence-corrected chi connectivity index (χ0v) is 9.76. The number of tetrazole rings is 1. The van der Waals surface area contributed by atoms with E-state index in [1.54, 1.807) is 0 Å². The number of hydrogen-bond acceptors (Lipinski definition) is 4. The molecule has 16 heavy (non-hydrogen) atoms. The van der Waals surface area contributed by atoms with Gasteiger partial charge in [0.2, 0.25) is 0 Å². The molecule has 3 unspecified atom stereocenters. The number of aromatic nitrogens is 4. The number of hydrogen-bond donors (Lipinski definition) is 1. The molecular weight excluding hydrogens is 202 g/mol. The minimum Gasteiger partial charge on any atom is -0.313 e. The number of rotatable bonds is 4. The lowest BCUT2D eigenvalue weighted by atomic mass is 9.89. The van der Waals surface area contributed by atoms with Crippen molar-refractivity contribution in [1.82, 2.24) is 25.5 Å². The van der Waals surface area contributed by atoms with Crippen molar-refractivity contribution in [3.63, 3.8) is 0 Å². The lowest BCUT2D eigenvalue weighted by Gasteiger charge is -2.21. The van der Waals surface area contributed by atoms with Gasteiger partial charge in [-0.05, 0) is 54.5 Å². The standard InChI is InChI=1S/C11H19N5/c1-12-6-11-13-14-15-16(11)7-10-5-8-2-3-9(10)4-8/h8-10,12H,2-7H2,1H3. The van der Waals surface area contributed by atoms with E-state index in [1.807, 2.05) is 11.7 Å². The Morgan fingerprint density at radius 1 is 1.38 bits per heavy atom. The van der Waals surface area contributed by atoms with Crippen molar-refractivity contribution in [2.75, 3.05) is 7.05 Å². The fourth-order valence-corrected chi connectivity index (χ4v) is 3.47. The van der Waals surface area contributed by atoms with Crippen LogP contribution in [0.15, 0.2) is 0 Å². The molecule has 0 aliphatic heterocycles. The van der Waals surface area contributed by atoms with Gasteiger partial charge in [-0.3, -0.25) is 0 Å². The quantitative estimate of drug-likeness (QED) is 0.818. The summed E-state index contributed by atoms with van der Waals surface area (Å²) in [6.45, 7) is 1.78. The third kappa shape index (κ3) is 1.73. The summed E-state index contributed by atoms with van der Waals surface area (Å²) in [5.74, 6) is 3.72. The maximum Gasteiger partial charge on any atom is 0.165 e. The topological polar surface area (TPSA) is 55.6 Å². The molecule has 2 saturated carbocycles. The molecule has 3 atom stereocenters. The van der Waals surface area contributed by atoms with Crippen LogP contribution in [0.4, 0.5) is 0 Å². The monoisotopic (exact) mass is 221 g/mol. The fraction of sp³-hybridized carbons (Fsp3) is 0.909. The molecule has 0 spiro atoms. The van der Waals surface area contributed by atoms with Crippen LogP contribution < -0.4 is 5.32 Å². The Morgan fingerprint density at radius 3 is 3.00 bits per heavy atom. The van der Waals surface area contributed by atoms with Crippen LogP contribution in [-0.2, 0) is 13.1 Å². The van der Waals surface area contributed by atoms with E-state index in [9.17, 15) is 0 Å². The first-order chi connectivity index (χ1) is 7.86. The lowest BCUT2D eigenvalue weighted by Crippen LogP contribution is -2.21. The van der Waals surface area contributed by atoms with E-state index in [2.05, 4.69) is 20.8 Å². The van der Waals surface area contributed by atoms with Gasteiger partial charge < -0.3 is 5.32 Å². The average molecular weight is 221 g/mol. The summed E-state index contributed by atoms with van der Waals surface area (Å²) in [7, 11) is 1.93. The Morgan fingerprint density at radius 2 is 2.31 bits per heavy atom. The van der Waals surface area contributed by atoms with Gasteiger partial charge in [-0.2, -0.15) is 0 Å². The van der Waals surface area contributed by atoms with Gasteiger partial charge in [0, 0.05) is 6.54 Å². The van der Waals surface area contributed by atoms with Crippen molar-refractivity contribution in [3.8, 4) is 0 Å². The number of nitrogens with zero attached hydrogens (tertiary/aromatic N) is 4. The largest absolute Gasteiger partial charge is 0.313 e. The first kappa shape index (κ1) is 10.2. The normalized spacial score (nSPS) is 32.4. The minimum absolute atomic E-state index is 0.758. The molecule has 2 aliphatic carbocycles. The van der Waals surface area contributed by atoms with Crippen LogP contribution >= 0.6 is 0 Å². The van der Waals surface area contributed by atoms with Gasteiger partial charge in [0.05, 0.1) is 6.54 Å². The predicted octanol–water partition coefficient (Wildman–Crippen LogP) is 0.829. The molecule has 1 N–H and O–H groups in total. The lowest BCUT2D eigenvalue weighted by molar-refractivity contribution is 0.279. The average Bonchev–Trinajstić information content (AvgIpc) is 2.96. The van der Waals surface area contributed by atoms with Crippen molar-refractivity contribution in [2.45, 2.75) is 38.8 Å². The Bertz CT molecular complexity index is 361. The Labute approximate surface area is 95.6 Å². The highest BCUT2D eigenvalue weighted by Gasteiger charge is 2.39. The number of fused-ring (bicyclic) bond motifs is 2. The maximum atomic E-state index is 4.10. The zero-order valence-electron chi connectivity index (χ0n) is 9.76. The molecule has 5 nitrogen and oxygen atoms in total. The van der Waals surface area contributed by atoms with Gasteiger partial charge in [0.15, 0.2) is 5.82 Å². The Balaban J connectivity index is 1.67. The molecule has 0 aromatic carbocycles. The summed E-state index contributed by atoms with van der Waals surface area (Å²) in [5, 5.41) is 15.0. The van der Waals surface area contributed by atoms with Gasteiger partial charge >= 0.3 is 0 Å². The second-order valence-corrected chi connectivity index (χ2v) is 5.24. The zero-order chi connectivity index (χ0) is 11.0. The molecule has 1 heterocycles. The van der Waals surface area contributed by atoms with E-state index in [0.717, 1.165) is 36.7 Å². The molecule has 1 aromatic heterocycles. The van der Waals surface area contributed by atoms with Crippen LogP contribution in [0.25, 0.3) is 0 Å². The Kier molecular flexibility index (Phi) is 2.63. The van der Waals surface area contributed by atoms with Crippen molar-refractivity contribution < 1.29 is 0 Å². The highest BCUT2D eigenvalue weighted by molar-refractivity contribution is 4.91. The van der Waals surface area contributed by atoms with Crippen LogP contribution in [0.1, 0.15) is 31.5 Å². The first-order valence-corrected chi connectivity index (χ1v) is 6.26. The molecule has 88 valence electrons. The smallest absolute Gasteiger partial charge is 0.165 e. The highest BCUT2D eigenvalue weighted by atomic mass is 15.5. The van der Waals surface area contributed by atoms with E-state index in [4.69, 9.17) is 0 Å². The third-order valence-corrected chi connectivity index (χ3v) is 4.23. The van der Waals surface area contributed by atoms with Gasteiger partial charge in [-0.1, -0.05) is 6.42 Å². The third-order valence-electron chi connectivity index (χ3n) is 4.23. The van der Waals surface area contributed by atoms with Gasteiger partial charge in [-0.25, -0.2) is 4.68 Å². The summed E-state index contributed by atoms with van der Waals surface area (Å²) >= 11 is 0. The highest BCUT2D eigenvalue weighted by Crippen LogP contribution is 2.48. The first-order valence-electron chi connectivity index (χ1n) is 6.26. The summed E-state index contributed by atoms with van der Waals surface area (Å²) in [6.07, 6.45) is 5.73. The van der Waals surface area contributed by atoms with E-state index in [0.29, 0.717) is 0 Å². The van der Waals surface area contributed by atoms with E-state index < -0.39 is 0 Å². The number of nitrogens with one attached hydrogen (secondary N) is 1. The molecule has 5 heteroatoms. The summed E-state index contributed by atoms with van der Waals surface area (Å²) in [5.41, 5.74) is 0. The SMILES string of the molecule is CNCc1nnnn1CC1CC2CCC1C2. The van der Waals surface area contributed by atoms with E-state index >= 15 is 0 Å². The van der Waals surface area contributed by atoms with Crippen molar-refractivity contribution in [3.05, 3.63) is 5.82 Å². The molecule has 3 rings (SSSR count). The predicted molar refractivity (Wildman–Crippen MR) is 59.5 cm³/mol. The summed E-state index contributed by atoms with van der Waals surface area (Å²) < 4.78 is 1.99. The van der Waals surface area contributed by atoms with Crippen LogP contribution in [0, 0.1) is 17.8 Å². The second-order valence-electron chi connectivity index (χ2n) is 5.24. The molecule has 2 aliphatic rings. The van der Waals surface area contributed by atoms with Crippen molar-refractivity contribution >= 4 is 0 Å². The summed E-state index contributed by atoms with van der Waals surface area (Å²) in [6, 6.07) is 0. The van der Waals surface area contributed by atoms with Gasteiger partial charge in [-0.15, -0.1) is 5.10 Å². The Hall–Kier alpha value is -0.970. The summed E-state index contributed by atoms with van der Waals surface area (Å²) in [4.78, 5) is 0. The van der Waals surface area contributed by atoms with Crippen LogP contribution in [0.2, 0.25) is 0 Å². The van der Waals surface area contributed by atoms with Crippen LogP contribution in [0.3, 0.4) is 0 Å². The van der Waals surface area contributed by atoms with Gasteiger partial charge in [0.1, 0.15) is 0 Å². The van der Waals surface area contributed by atoms with E-state index in [1.165, 1.54) is 25.7 Å². The molecule has 2 fully saturated rings. The fourth-order valence-electron chi connectivity index (χ4n) is 3.47. The van der Waals surface area contributed by atoms with Gasteiger partial charge in [0.25, 0.3) is 0 Å².